The highest BCUT2D eigenvalue weighted by Gasteiger charge is 2.39. The zero-order valence-electron chi connectivity index (χ0n) is 7.10. The van der Waals surface area contributed by atoms with Crippen molar-refractivity contribution in [3.05, 3.63) is 0 Å². The minimum absolute atomic E-state index is 0.332. The van der Waals surface area contributed by atoms with E-state index in [9.17, 15) is 0 Å². The van der Waals surface area contributed by atoms with E-state index in [0.29, 0.717) is 5.54 Å². The van der Waals surface area contributed by atoms with Crippen molar-refractivity contribution in [2.75, 3.05) is 39.9 Å². The fraction of sp³-hybridized carbons (Fsp3) is 1.00. The molecule has 0 radical (unpaired) electrons. The van der Waals surface area contributed by atoms with Crippen LogP contribution in [0.15, 0.2) is 0 Å². The molecule has 3 nitrogen and oxygen atoms in total. The van der Waals surface area contributed by atoms with E-state index < -0.39 is 0 Å². The molecule has 11 heavy (non-hydrogen) atoms. The zero-order valence-corrected chi connectivity index (χ0v) is 7.10. The maximum Gasteiger partial charge on any atom is 0.0663 e. The van der Waals surface area contributed by atoms with Gasteiger partial charge >= 0.3 is 0 Å². The lowest BCUT2D eigenvalue weighted by molar-refractivity contribution is 0.0671. The number of nitrogens with one attached hydrogen (secondary N) is 1. The number of rotatable bonds is 0. The third-order valence-electron chi connectivity index (χ3n) is 2.97. The summed E-state index contributed by atoms with van der Waals surface area (Å²) in [4.78, 5) is 2.44. The lowest BCUT2D eigenvalue weighted by atomic mass is 9.95. The molecular weight excluding hydrogens is 140 g/mol. The van der Waals surface area contributed by atoms with Gasteiger partial charge in [-0.15, -0.1) is 0 Å². The third kappa shape index (κ3) is 1.17. The number of nitrogens with zero attached hydrogens (tertiary/aromatic N) is 1. The van der Waals surface area contributed by atoms with E-state index in [2.05, 4.69) is 17.3 Å². The van der Waals surface area contributed by atoms with Gasteiger partial charge in [-0.1, -0.05) is 0 Å². The van der Waals surface area contributed by atoms with Crippen molar-refractivity contribution in [2.24, 2.45) is 0 Å². The number of ether oxygens (including phenoxy) is 1. The maximum absolute atomic E-state index is 5.43. The van der Waals surface area contributed by atoms with Gasteiger partial charge in [-0.25, -0.2) is 0 Å². The second-order valence-electron chi connectivity index (χ2n) is 3.63. The standard InChI is InChI=1S/C8H16N2O/c1-10-4-3-9-6-8(10)2-5-11-7-8/h9H,2-7H2,1H3. The van der Waals surface area contributed by atoms with Gasteiger partial charge in [0.2, 0.25) is 0 Å². The predicted molar refractivity (Wildman–Crippen MR) is 43.7 cm³/mol. The lowest BCUT2D eigenvalue weighted by Gasteiger charge is -2.41. The van der Waals surface area contributed by atoms with Crippen LogP contribution in [0.2, 0.25) is 0 Å². The quantitative estimate of drug-likeness (QED) is 0.520. The van der Waals surface area contributed by atoms with Crippen LogP contribution in [0.1, 0.15) is 6.42 Å². The largest absolute Gasteiger partial charge is 0.379 e. The van der Waals surface area contributed by atoms with Crippen LogP contribution in [-0.4, -0.2) is 50.3 Å². The molecule has 0 aromatic heterocycles. The van der Waals surface area contributed by atoms with Crippen LogP contribution in [0.3, 0.4) is 0 Å². The first-order valence-corrected chi connectivity index (χ1v) is 4.33. The molecule has 1 N–H and O–H groups in total. The van der Waals surface area contributed by atoms with Gasteiger partial charge in [0.15, 0.2) is 0 Å². The molecule has 0 amide bonds. The first kappa shape index (κ1) is 7.53. The highest BCUT2D eigenvalue weighted by Crippen LogP contribution is 2.25. The molecule has 2 aliphatic heterocycles. The van der Waals surface area contributed by atoms with Gasteiger partial charge in [0.05, 0.1) is 12.1 Å². The molecule has 1 atom stereocenters. The van der Waals surface area contributed by atoms with E-state index in [1.54, 1.807) is 0 Å². The molecule has 2 heterocycles. The van der Waals surface area contributed by atoms with E-state index in [-0.39, 0.29) is 0 Å². The van der Waals surface area contributed by atoms with Crippen molar-refractivity contribution in [3.8, 4) is 0 Å². The topological polar surface area (TPSA) is 24.5 Å². The fourth-order valence-corrected chi connectivity index (χ4v) is 1.98. The van der Waals surface area contributed by atoms with Crippen LogP contribution < -0.4 is 5.32 Å². The summed E-state index contributed by atoms with van der Waals surface area (Å²) in [5.74, 6) is 0. The number of hydrogen-bond donors (Lipinski definition) is 1. The Balaban J connectivity index is 2.07. The molecule has 1 spiro atoms. The summed E-state index contributed by atoms with van der Waals surface area (Å²) < 4.78 is 5.43. The van der Waals surface area contributed by atoms with Crippen molar-refractivity contribution in [3.63, 3.8) is 0 Å². The van der Waals surface area contributed by atoms with Crippen molar-refractivity contribution in [1.29, 1.82) is 0 Å². The van der Waals surface area contributed by atoms with Gasteiger partial charge < -0.3 is 10.1 Å². The first-order valence-electron chi connectivity index (χ1n) is 4.33. The maximum atomic E-state index is 5.43. The average Bonchev–Trinajstić information content (AvgIpc) is 2.46. The van der Waals surface area contributed by atoms with Crippen molar-refractivity contribution < 1.29 is 4.74 Å². The summed E-state index contributed by atoms with van der Waals surface area (Å²) in [6, 6.07) is 0. The summed E-state index contributed by atoms with van der Waals surface area (Å²) in [7, 11) is 2.20. The van der Waals surface area contributed by atoms with E-state index >= 15 is 0 Å². The summed E-state index contributed by atoms with van der Waals surface area (Å²) in [6.45, 7) is 5.23. The Bertz CT molecular complexity index is 143. The Morgan fingerprint density at radius 2 is 2.45 bits per heavy atom. The molecule has 0 bridgehead atoms. The van der Waals surface area contributed by atoms with Gasteiger partial charge in [0.1, 0.15) is 0 Å². The van der Waals surface area contributed by atoms with Crippen LogP contribution in [0.5, 0.6) is 0 Å². The SMILES string of the molecule is CN1CCNCC12CCOC2. The average molecular weight is 156 g/mol. The van der Waals surface area contributed by atoms with Crippen molar-refractivity contribution in [1.82, 2.24) is 10.2 Å². The second-order valence-corrected chi connectivity index (χ2v) is 3.63. The van der Waals surface area contributed by atoms with E-state index in [4.69, 9.17) is 4.74 Å². The van der Waals surface area contributed by atoms with Gasteiger partial charge in [-0.2, -0.15) is 0 Å². The minimum Gasteiger partial charge on any atom is -0.379 e. The Hall–Kier alpha value is -0.120. The van der Waals surface area contributed by atoms with E-state index in [1.807, 2.05) is 0 Å². The highest BCUT2D eigenvalue weighted by atomic mass is 16.5. The van der Waals surface area contributed by atoms with Gasteiger partial charge in [0.25, 0.3) is 0 Å². The molecule has 2 saturated heterocycles. The Morgan fingerprint density at radius 3 is 3.09 bits per heavy atom. The Kier molecular flexibility index (Phi) is 1.87. The molecule has 64 valence electrons. The zero-order chi connectivity index (χ0) is 7.73. The third-order valence-corrected chi connectivity index (χ3v) is 2.97. The second kappa shape index (κ2) is 2.73. The summed E-state index contributed by atoms with van der Waals surface area (Å²) in [5, 5.41) is 3.43. The van der Waals surface area contributed by atoms with Crippen molar-refractivity contribution in [2.45, 2.75) is 12.0 Å². The summed E-state index contributed by atoms with van der Waals surface area (Å²) in [6.07, 6.45) is 1.19. The van der Waals surface area contributed by atoms with Gasteiger partial charge in [-0.05, 0) is 13.5 Å². The molecular formula is C8H16N2O. The lowest BCUT2D eigenvalue weighted by Crippen LogP contribution is -2.60. The van der Waals surface area contributed by atoms with Crippen LogP contribution in [0, 0.1) is 0 Å². The van der Waals surface area contributed by atoms with Gasteiger partial charge in [-0.3, -0.25) is 4.90 Å². The predicted octanol–water partition coefficient (Wildman–Crippen LogP) is -0.319. The smallest absolute Gasteiger partial charge is 0.0663 e. The molecule has 1 unspecified atom stereocenters. The Labute approximate surface area is 67.7 Å². The summed E-state index contributed by atoms with van der Waals surface area (Å²) in [5.41, 5.74) is 0.332. The molecule has 0 aromatic carbocycles. The van der Waals surface area contributed by atoms with Crippen molar-refractivity contribution >= 4 is 0 Å². The molecule has 3 heteroatoms. The molecule has 2 rings (SSSR count). The number of hydrogen-bond acceptors (Lipinski definition) is 3. The van der Waals surface area contributed by atoms with E-state index in [1.165, 1.54) is 6.42 Å². The molecule has 0 saturated carbocycles. The van der Waals surface area contributed by atoms with E-state index in [0.717, 1.165) is 32.8 Å². The highest BCUT2D eigenvalue weighted by molar-refractivity contribution is 4.97. The van der Waals surface area contributed by atoms with Crippen LogP contribution in [0.25, 0.3) is 0 Å². The monoisotopic (exact) mass is 156 g/mol. The number of likely N-dealkylation sites (N-methyl/N-ethyl adjacent to an activating group) is 1. The number of piperazine rings is 1. The van der Waals surface area contributed by atoms with Crippen LogP contribution in [0.4, 0.5) is 0 Å². The summed E-state index contributed by atoms with van der Waals surface area (Å²) >= 11 is 0. The van der Waals surface area contributed by atoms with Crippen LogP contribution in [-0.2, 0) is 4.74 Å². The molecule has 0 aromatic rings. The molecule has 0 aliphatic carbocycles. The first-order chi connectivity index (χ1) is 5.33. The fourth-order valence-electron chi connectivity index (χ4n) is 1.98. The minimum atomic E-state index is 0.332. The van der Waals surface area contributed by atoms with Crippen LogP contribution >= 0.6 is 0 Å². The normalized spacial score (nSPS) is 40.1. The Morgan fingerprint density at radius 1 is 1.55 bits per heavy atom. The van der Waals surface area contributed by atoms with Gasteiger partial charge in [0, 0.05) is 26.2 Å². The molecule has 2 aliphatic rings. The molecule has 2 fully saturated rings.